The third-order valence-corrected chi connectivity index (χ3v) is 4.77. The van der Waals surface area contributed by atoms with Crippen molar-refractivity contribution in [2.24, 2.45) is 0 Å². The maximum absolute atomic E-state index is 12.6. The van der Waals surface area contributed by atoms with Crippen molar-refractivity contribution in [1.82, 2.24) is 25.5 Å². The van der Waals surface area contributed by atoms with E-state index in [2.05, 4.69) is 20.7 Å². The molecule has 0 aliphatic heterocycles. The molecule has 0 fully saturated rings. The molecule has 1 N–H and O–H groups in total. The Bertz CT molecular complexity index is 960. The van der Waals surface area contributed by atoms with Gasteiger partial charge in [0.05, 0.1) is 6.04 Å². The largest absolute Gasteiger partial charge is 0.344 e. The molecule has 0 bridgehead atoms. The lowest BCUT2D eigenvalue weighted by molar-refractivity contribution is -0.122. The fourth-order valence-corrected chi connectivity index (χ4v) is 3.44. The zero-order valence-corrected chi connectivity index (χ0v) is 15.2. The minimum absolute atomic E-state index is 0.00725. The van der Waals surface area contributed by atoms with Gasteiger partial charge in [-0.2, -0.15) is 16.1 Å². The molecule has 134 valence electrons. The Balaban J connectivity index is 1.51. The fourth-order valence-electron chi connectivity index (χ4n) is 2.80. The van der Waals surface area contributed by atoms with Gasteiger partial charge in [-0.1, -0.05) is 60.7 Å². The van der Waals surface area contributed by atoms with Gasteiger partial charge in [-0.25, -0.2) is 0 Å². The average molecular weight is 375 g/mol. The molecule has 0 aliphatic carbocycles. The van der Waals surface area contributed by atoms with Crippen LogP contribution in [0.15, 0.2) is 77.5 Å². The van der Waals surface area contributed by atoms with Crippen molar-refractivity contribution >= 4 is 17.2 Å². The summed E-state index contributed by atoms with van der Waals surface area (Å²) in [5.41, 5.74) is 2.93. The second kappa shape index (κ2) is 7.92. The van der Waals surface area contributed by atoms with Gasteiger partial charge in [0.2, 0.25) is 11.7 Å². The van der Waals surface area contributed by atoms with Crippen molar-refractivity contribution < 1.29 is 4.79 Å². The Hall–Kier alpha value is -3.32. The summed E-state index contributed by atoms with van der Waals surface area (Å²) in [5, 5.41) is 19.3. The topological polar surface area (TPSA) is 72.7 Å². The van der Waals surface area contributed by atoms with E-state index < -0.39 is 0 Å². The highest BCUT2D eigenvalue weighted by atomic mass is 32.1. The molecule has 0 radical (unpaired) electrons. The van der Waals surface area contributed by atoms with Crippen LogP contribution in [0.4, 0.5) is 0 Å². The average Bonchev–Trinajstić information content (AvgIpc) is 3.39. The van der Waals surface area contributed by atoms with Gasteiger partial charge < -0.3 is 5.32 Å². The van der Waals surface area contributed by atoms with Gasteiger partial charge in [-0.05, 0) is 27.8 Å². The monoisotopic (exact) mass is 375 g/mol. The van der Waals surface area contributed by atoms with Gasteiger partial charge >= 0.3 is 0 Å². The Morgan fingerprint density at radius 3 is 2.26 bits per heavy atom. The van der Waals surface area contributed by atoms with Crippen LogP contribution in [0.1, 0.15) is 17.2 Å². The number of tetrazole rings is 1. The number of benzene rings is 2. The smallest absolute Gasteiger partial charge is 0.244 e. The number of amides is 1. The first-order chi connectivity index (χ1) is 13.3. The van der Waals surface area contributed by atoms with Crippen LogP contribution in [0.2, 0.25) is 0 Å². The van der Waals surface area contributed by atoms with Crippen molar-refractivity contribution in [1.29, 1.82) is 0 Å². The summed E-state index contributed by atoms with van der Waals surface area (Å²) in [4.78, 5) is 13.9. The van der Waals surface area contributed by atoms with Gasteiger partial charge in [-0.15, -0.1) is 10.2 Å². The number of carbonyl (C=O) groups excluding carboxylic acids is 1. The number of rotatable bonds is 6. The maximum Gasteiger partial charge on any atom is 0.244 e. The van der Waals surface area contributed by atoms with E-state index in [-0.39, 0.29) is 18.5 Å². The maximum atomic E-state index is 12.6. The molecule has 2 aromatic heterocycles. The molecular weight excluding hydrogens is 358 g/mol. The molecule has 2 heterocycles. The van der Waals surface area contributed by atoms with Crippen LogP contribution >= 0.6 is 11.3 Å². The second-order valence-corrected chi connectivity index (χ2v) is 6.76. The molecule has 0 spiro atoms. The van der Waals surface area contributed by atoms with Crippen LogP contribution in [-0.4, -0.2) is 26.1 Å². The SMILES string of the molecule is O=C(Cn1nnc(-c2ccsc2)n1)NC(c1ccccc1)c1ccccc1. The number of nitrogens with zero attached hydrogens (tertiary/aromatic N) is 4. The van der Waals surface area contributed by atoms with Gasteiger partial charge in [0.15, 0.2) is 0 Å². The summed E-state index contributed by atoms with van der Waals surface area (Å²) < 4.78 is 0. The van der Waals surface area contributed by atoms with Gasteiger partial charge in [0.1, 0.15) is 6.54 Å². The van der Waals surface area contributed by atoms with E-state index in [4.69, 9.17) is 0 Å². The van der Waals surface area contributed by atoms with E-state index in [0.29, 0.717) is 5.82 Å². The van der Waals surface area contributed by atoms with Gasteiger partial charge in [0.25, 0.3) is 0 Å². The van der Waals surface area contributed by atoms with E-state index in [0.717, 1.165) is 16.7 Å². The summed E-state index contributed by atoms with van der Waals surface area (Å²) in [6.07, 6.45) is 0. The van der Waals surface area contributed by atoms with Crippen LogP contribution in [0, 0.1) is 0 Å². The molecule has 2 aromatic carbocycles. The fraction of sp³-hybridized carbons (Fsp3) is 0.100. The number of aromatic nitrogens is 4. The molecule has 6 nitrogen and oxygen atoms in total. The normalized spacial score (nSPS) is 10.9. The van der Waals surface area contributed by atoms with Crippen molar-refractivity contribution in [3.05, 3.63) is 88.6 Å². The molecule has 1 amide bonds. The first-order valence-corrected chi connectivity index (χ1v) is 9.43. The summed E-state index contributed by atoms with van der Waals surface area (Å²) >= 11 is 1.56. The van der Waals surface area contributed by atoms with Crippen molar-refractivity contribution in [3.8, 4) is 11.4 Å². The van der Waals surface area contributed by atoms with E-state index in [1.165, 1.54) is 4.80 Å². The predicted octanol–water partition coefficient (Wildman–Crippen LogP) is 3.31. The molecular formula is C20H17N5OS. The van der Waals surface area contributed by atoms with E-state index in [1.807, 2.05) is 77.5 Å². The number of carbonyl (C=O) groups is 1. The number of nitrogens with one attached hydrogen (secondary N) is 1. The molecule has 0 aliphatic rings. The van der Waals surface area contributed by atoms with Crippen LogP contribution in [0.25, 0.3) is 11.4 Å². The Morgan fingerprint density at radius 2 is 1.67 bits per heavy atom. The first kappa shape index (κ1) is 17.1. The lowest BCUT2D eigenvalue weighted by Gasteiger charge is -2.19. The molecule has 0 atom stereocenters. The van der Waals surface area contributed by atoms with Crippen molar-refractivity contribution in [3.63, 3.8) is 0 Å². The molecule has 0 unspecified atom stereocenters. The van der Waals surface area contributed by atoms with Crippen LogP contribution in [-0.2, 0) is 11.3 Å². The third-order valence-electron chi connectivity index (χ3n) is 4.09. The summed E-state index contributed by atoms with van der Waals surface area (Å²) in [6.45, 7) is 0.00725. The zero-order chi connectivity index (χ0) is 18.5. The van der Waals surface area contributed by atoms with Gasteiger partial charge in [-0.3, -0.25) is 4.79 Å². The Labute approximate surface area is 160 Å². The molecule has 7 heteroatoms. The van der Waals surface area contributed by atoms with Crippen molar-refractivity contribution in [2.45, 2.75) is 12.6 Å². The molecule has 4 aromatic rings. The van der Waals surface area contributed by atoms with E-state index in [1.54, 1.807) is 11.3 Å². The Kier molecular flexibility index (Phi) is 5.02. The highest BCUT2D eigenvalue weighted by Crippen LogP contribution is 2.21. The summed E-state index contributed by atoms with van der Waals surface area (Å²) in [6, 6.07) is 21.4. The molecule has 0 saturated carbocycles. The lowest BCUT2D eigenvalue weighted by Crippen LogP contribution is -2.32. The number of hydrogen-bond donors (Lipinski definition) is 1. The molecule has 4 rings (SSSR count). The van der Waals surface area contributed by atoms with E-state index in [9.17, 15) is 4.79 Å². The highest BCUT2D eigenvalue weighted by Gasteiger charge is 2.17. The van der Waals surface area contributed by atoms with Crippen LogP contribution < -0.4 is 5.32 Å². The first-order valence-electron chi connectivity index (χ1n) is 8.49. The quantitative estimate of drug-likeness (QED) is 0.561. The van der Waals surface area contributed by atoms with Gasteiger partial charge in [0, 0.05) is 10.9 Å². The minimum Gasteiger partial charge on any atom is -0.344 e. The van der Waals surface area contributed by atoms with Crippen LogP contribution in [0.5, 0.6) is 0 Å². The third kappa shape index (κ3) is 4.09. The Morgan fingerprint density at radius 1 is 1.00 bits per heavy atom. The zero-order valence-electron chi connectivity index (χ0n) is 14.4. The predicted molar refractivity (Wildman–Crippen MR) is 104 cm³/mol. The second-order valence-electron chi connectivity index (χ2n) is 5.98. The van der Waals surface area contributed by atoms with E-state index >= 15 is 0 Å². The number of thiophene rings is 1. The summed E-state index contributed by atoms with van der Waals surface area (Å²) in [7, 11) is 0. The molecule has 0 saturated heterocycles. The highest BCUT2D eigenvalue weighted by molar-refractivity contribution is 7.08. The van der Waals surface area contributed by atoms with Crippen LogP contribution in [0.3, 0.4) is 0 Å². The number of hydrogen-bond acceptors (Lipinski definition) is 5. The minimum atomic E-state index is -0.236. The lowest BCUT2D eigenvalue weighted by atomic mass is 9.99. The standard InChI is InChI=1S/C20H17N5OS/c26-18(13-25-23-20(22-24-25)17-11-12-27-14-17)21-19(15-7-3-1-4-8-15)16-9-5-2-6-10-16/h1-12,14,19H,13H2,(H,21,26). The molecule has 27 heavy (non-hydrogen) atoms. The summed E-state index contributed by atoms with van der Waals surface area (Å²) in [5.74, 6) is 0.341. The van der Waals surface area contributed by atoms with Crippen molar-refractivity contribution in [2.75, 3.05) is 0 Å².